The van der Waals surface area contributed by atoms with E-state index in [4.69, 9.17) is 11.1 Å². The van der Waals surface area contributed by atoms with Crippen molar-refractivity contribution in [2.24, 2.45) is 5.73 Å². The summed E-state index contributed by atoms with van der Waals surface area (Å²) in [6.45, 7) is -0.264. The van der Waals surface area contributed by atoms with Crippen LogP contribution in [0.3, 0.4) is 0 Å². The van der Waals surface area contributed by atoms with Crippen LogP contribution in [-0.4, -0.2) is 44.3 Å². The first-order chi connectivity index (χ1) is 14.7. The monoisotopic (exact) mass is 445 g/mol. The minimum absolute atomic E-state index is 0.0198. The molecule has 0 unspecified atom stereocenters. The standard InChI is InChI=1S/C20H23N5O5S/c21-20(22)13-1-3-15(4-2-13)23-18(27)7-8-19(28)25(9-10-26)16-5-6-17-14(11-16)12-31(29,30)24-17/h1-6,11,24,26H,7-10,12H2,(H3,21,22)(H,23,27). The Morgan fingerprint density at radius 1 is 1.16 bits per heavy atom. The first-order valence-electron chi connectivity index (χ1n) is 9.47. The number of carbonyl (C=O) groups excluding carboxylic acids is 2. The second-order valence-corrected chi connectivity index (χ2v) is 8.73. The van der Waals surface area contributed by atoms with Crippen molar-refractivity contribution >= 4 is 44.7 Å². The highest BCUT2D eigenvalue weighted by Crippen LogP contribution is 2.31. The topological polar surface area (TPSA) is 166 Å². The number of hydrogen-bond acceptors (Lipinski definition) is 6. The Kier molecular flexibility index (Phi) is 6.56. The number of nitrogens with one attached hydrogen (secondary N) is 3. The molecule has 0 saturated carbocycles. The van der Waals surface area contributed by atoms with E-state index in [1.54, 1.807) is 42.5 Å². The smallest absolute Gasteiger partial charge is 0.237 e. The van der Waals surface area contributed by atoms with Gasteiger partial charge in [0.2, 0.25) is 21.8 Å². The van der Waals surface area contributed by atoms with Gasteiger partial charge in [-0.1, -0.05) is 0 Å². The molecule has 0 bridgehead atoms. The Hall–Kier alpha value is -3.44. The lowest BCUT2D eigenvalue weighted by atomic mass is 10.1. The number of nitrogen functional groups attached to an aromatic ring is 1. The van der Waals surface area contributed by atoms with Crippen LogP contribution in [0.2, 0.25) is 0 Å². The fraction of sp³-hybridized carbons (Fsp3) is 0.250. The Labute approximate surface area is 179 Å². The predicted octanol–water partition coefficient (Wildman–Crippen LogP) is 0.970. The molecule has 1 heterocycles. The zero-order chi connectivity index (χ0) is 22.6. The maximum Gasteiger partial charge on any atom is 0.237 e. The number of sulfonamides is 1. The first kappa shape index (κ1) is 22.2. The van der Waals surface area contributed by atoms with E-state index < -0.39 is 10.0 Å². The highest BCUT2D eigenvalue weighted by Gasteiger charge is 2.25. The second kappa shape index (κ2) is 9.14. The molecule has 0 radical (unpaired) electrons. The molecule has 0 aromatic heterocycles. The summed E-state index contributed by atoms with van der Waals surface area (Å²) >= 11 is 0. The molecule has 0 spiro atoms. The van der Waals surface area contributed by atoms with Gasteiger partial charge in [0, 0.05) is 36.3 Å². The van der Waals surface area contributed by atoms with Crippen LogP contribution in [0, 0.1) is 5.41 Å². The normalized spacial score (nSPS) is 13.7. The third-order valence-corrected chi connectivity index (χ3v) is 5.90. The molecule has 2 aromatic rings. The summed E-state index contributed by atoms with van der Waals surface area (Å²) in [5.74, 6) is -0.989. The second-order valence-electron chi connectivity index (χ2n) is 7.01. The van der Waals surface area contributed by atoms with Crippen molar-refractivity contribution in [1.82, 2.24) is 0 Å². The summed E-state index contributed by atoms with van der Waals surface area (Å²) in [6, 6.07) is 11.2. The van der Waals surface area contributed by atoms with Gasteiger partial charge in [-0.3, -0.25) is 19.7 Å². The van der Waals surface area contributed by atoms with Gasteiger partial charge in [-0.2, -0.15) is 0 Å². The predicted molar refractivity (Wildman–Crippen MR) is 117 cm³/mol. The Morgan fingerprint density at radius 2 is 1.87 bits per heavy atom. The largest absolute Gasteiger partial charge is 0.395 e. The summed E-state index contributed by atoms with van der Waals surface area (Å²) in [4.78, 5) is 26.2. The molecule has 2 aromatic carbocycles. The number of aliphatic hydroxyl groups is 1. The molecule has 1 aliphatic rings. The van der Waals surface area contributed by atoms with Gasteiger partial charge in [-0.15, -0.1) is 0 Å². The maximum absolute atomic E-state index is 12.7. The van der Waals surface area contributed by atoms with Gasteiger partial charge in [0.25, 0.3) is 0 Å². The van der Waals surface area contributed by atoms with Crippen molar-refractivity contribution in [3.63, 3.8) is 0 Å². The Morgan fingerprint density at radius 3 is 2.52 bits per heavy atom. The van der Waals surface area contributed by atoms with Gasteiger partial charge in [0.1, 0.15) is 5.84 Å². The zero-order valence-electron chi connectivity index (χ0n) is 16.6. The minimum Gasteiger partial charge on any atom is -0.395 e. The molecule has 10 nitrogen and oxygen atoms in total. The number of anilines is 3. The van der Waals surface area contributed by atoms with E-state index in [0.29, 0.717) is 28.2 Å². The van der Waals surface area contributed by atoms with E-state index in [1.165, 1.54) is 4.90 Å². The molecule has 0 atom stereocenters. The number of benzene rings is 2. The Bertz CT molecular complexity index is 1120. The molecule has 0 saturated heterocycles. The van der Waals surface area contributed by atoms with Crippen molar-refractivity contribution in [3.05, 3.63) is 53.6 Å². The van der Waals surface area contributed by atoms with Crippen LogP contribution in [0.5, 0.6) is 0 Å². The van der Waals surface area contributed by atoms with Gasteiger partial charge in [0.05, 0.1) is 18.0 Å². The number of aliphatic hydroxyl groups excluding tert-OH is 1. The summed E-state index contributed by atoms with van der Waals surface area (Å²) in [5, 5.41) is 19.4. The van der Waals surface area contributed by atoms with Gasteiger partial charge < -0.3 is 21.1 Å². The molecule has 3 rings (SSSR count). The fourth-order valence-corrected chi connectivity index (χ4v) is 4.44. The lowest BCUT2D eigenvalue weighted by Gasteiger charge is -2.22. The molecule has 2 amide bonds. The van der Waals surface area contributed by atoms with Crippen LogP contribution in [0.4, 0.5) is 17.1 Å². The molecule has 0 fully saturated rings. The third-order valence-electron chi connectivity index (χ3n) is 4.68. The number of amides is 2. The fourth-order valence-electron chi connectivity index (χ4n) is 3.19. The van der Waals surface area contributed by atoms with Crippen LogP contribution >= 0.6 is 0 Å². The number of nitrogens with two attached hydrogens (primary N) is 1. The van der Waals surface area contributed by atoms with Crippen LogP contribution in [-0.2, 0) is 25.4 Å². The minimum atomic E-state index is -3.41. The van der Waals surface area contributed by atoms with E-state index in [0.717, 1.165) is 0 Å². The molecule has 164 valence electrons. The molecular formula is C20H23N5O5S. The van der Waals surface area contributed by atoms with Gasteiger partial charge in [-0.05, 0) is 48.0 Å². The zero-order valence-corrected chi connectivity index (χ0v) is 17.4. The Balaban J connectivity index is 1.62. The van der Waals surface area contributed by atoms with Crippen LogP contribution in [0.1, 0.15) is 24.0 Å². The van der Waals surface area contributed by atoms with Gasteiger partial charge in [0.15, 0.2) is 0 Å². The van der Waals surface area contributed by atoms with Crippen molar-refractivity contribution in [1.29, 1.82) is 5.41 Å². The highest BCUT2D eigenvalue weighted by atomic mass is 32.2. The van der Waals surface area contributed by atoms with Crippen LogP contribution in [0.15, 0.2) is 42.5 Å². The molecule has 0 aliphatic carbocycles. The average molecular weight is 446 g/mol. The van der Waals surface area contributed by atoms with E-state index in [9.17, 15) is 23.1 Å². The highest BCUT2D eigenvalue weighted by molar-refractivity contribution is 7.92. The lowest BCUT2D eigenvalue weighted by Crippen LogP contribution is -2.34. The molecule has 6 N–H and O–H groups in total. The quantitative estimate of drug-likeness (QED) is 0.300. The molecular weight excluding hydrogens is 422 g/mol. The van der Waals surface area contributed by atoms with Gasteiger partial charge in [-0.25, -0.2) is 8.42 Å². The lowest BCUT2D eigenvalue weighted by molar-refractivity contribution is -0.122. The van der Waals surface area contributed by atoms with E-state index >= 15 is 0 Å². The van der Waals surface area contributed by atoms with Crippen molar-refractivity contribution in [3.8, 4) is 0 Å². The van der Waals surface area contributed by atoms with Crippen molar-refractivity contribution < 1.29 is 23.1 Å². The number of rotatable bonds is 8. The van der Waals surface area contributed by atoms with Gasteiger partial charge >= 0.3 is 0 Å². The number of nitrogens with zero attached hydrogens (tertiary/aromatic N) is 1. The van der Waals surface area contributed by atoms with E-state index in [1.807, 2.05) is 0 Å². The number of hydrogen-bond donors (Lipinski definition) is 5. The van der Waals surface area contributed by atoms with E-state index in [-0.39, 0.29) is 49.4 Å². The van der Waals surface area contributed by atoms with Crippen LogP contribution < -0.4 is 20.7 Å². The number of fused-ring (bicyclic) bond motifs is 1. The third kappa shape index (κ3) is 5.58. The molecule has 31 heavy (non-hydrogen) atoms. The summed E-state index contributed by atoms with van der Waals surface area (Å²) < 4.78 is 25.9. The average Bonchev–Trinajstić information content (AvgIpc) is 3.03. The van der Waals surface area contributed by atoms with Crippen LogP contribution in [0.25, 0.3) is 0 Å². The number of amidine groups is 1. The first-order valence-corrected chi connectivity index (χ1v) is 11.1. The van der Waals surface area contributed by atoms with Crippen molar-refractivity contribution in [2.75, 3.05) is 28.1 Å². The molecule has 1 aliphatic heterocycles. The SMILES string of the molecule is N=C(N)c1ccc(NC(=O)CCC(=O)N(CCO)c2ccc3c(c2)CS(=O)(=O)N3)cc1. The summed E-state index contributed by atoms with van der Waals surface area (Å²) in [6.07, 6.45) is -0.166. The number of carbonyl (C=O) groups is 2. The summed E-state index contributed by atoms with van der Waals surface area (Å²) in [7, 11) is -3.41. The van der Waals surface area contributed by atoms with Crippen molar-refractivity contribution in [2.45, 2.75) is 18.6 Å². The summed E-state index contributed by atoms with van der Waals surface area (Å²) in [5.41, 5.74) is 7.91. The molecule has 11 heteroatoms. The van der Waals surface area contributed by atoms with E-state index in [2.05, 4.69) is 10.0 Å². The maximum atomic E-state index is 12.7.